The van der Waals surface area contributed by atoms with Crippen molar-refractivity contribution in [3.8, 4) is 5.69 Å². The highest BCUT2D eigenvalue weighted by atomic mass is 32.1. The van der Waals surface area contributed by atoms with Gasteiger partial charge in [-0.3, -0.25) is 14.2 Å². The van der Waals surface area contributed by atoms with Crippen molar-refractivity contribution in [1.82, 2.24) is 9.55 Å². The van der Waals surface area contributed by atoms with Gasteiger partial charge < -0.3 is 10.7 Å². The van der Waals surface area contributed by atoms with Crippen LogP contribution in [0.25, 0.3) is 16.6 Å². The van der Waals surface area contributed by atoms with Crippen LogP contribution in [0.2, 0.25) is 0 Å². The van der Waals surface area contributed by atoms with Crippen LogP contribution < -0.4 is 11.3 Å². The summed E-state index contributed by atoms with van der Waals surface area (Å²) >= 11 is 5.17. The van der Waals surface area contributed by atoms with Gasteiger partial charge in [-0.1, -0.05) is 6.07 Å². The number of alkyl halides is 3. The summed E-state index contributed by atoms with van der Waals surface area (Å²) in [7, 11) is 0. The van der Waals surface area contributed by atoms with Crippen molar-refractivity contribution in [2.45, 2.75) is 12.6 Å². The fourth-order valence-corrected chi connectivity index (χ4v) is 2.90. The van der Waals surface area contributed by atoms with Crippen molar-refractivity contribution < 1.29 is 18.0 Å². The van der Waals surface area contributed by atoms with E-state index in [2.05, 4.69) is 4.98 Å². The zero-order chi connectivity index (χ0) is 19.1. The van der Waals surface area contributed by atoms with Gasteiger partial charge in [0, 0.05) is 0 Å². The van der Waals surface area contributed by atoms with Crippen molar-refractivity contribution in [2.24, 2.45) is 5.73 Å². The van der Waals surface area contributed by atoms with Crippen molar-refractivity contribution in [2.75, 3.05) is 0 Å². The molecule has 0 fully saturated rings. The van der Waals surface area contributed by atoms with E-state index in [9.17, 15) is 22.8 Å². The molecule has 0 saturated carbocycles. The number of benzene rings is 2. The molecule has 3 aromatic rings. The van der Waals surface area contributed by atoms with E-state index in [0.717, 1.165) is 16.7 Å². The number of rotatable bonds is 3. The first-order chi connectivity index (χ1) is 12.2. The third-order valence-electron chi connectivity index (χ3n) is 3.79. The average molecular weight is 379 g/mol. The Morgan fingerprint density at radius 2 is 1.81 bits per heavy atom. The van der Waals surface area contributed by atoms with Gasteiger partial charge in [0.2, 0.25) is 5.91 Å². The number of amides is 1. The molecule has 0 radical (unpaired) electrons. The molecule has 0 saturated heterocycles. The van der Waals surface area contributed by atoms with E-state index >= 15 is 0 Å². The average Bonchev–Trinajstić information content (AvgIpc) is 2.55. The molecule has 0 aliphatic heterocycles. The van der Waals surface area contributed by atoms with E-state index in [1.807, 2.05) is 0 Å². The first-order valence-corrected chi connectivity index (χ1v) is 7.81. The van der Waals surface area contributed by atoms with Crippen molar-refractivity contribution in [3.63, 3.8) is 0 Å². The number of hydrogen-bond donors (Lipinski definition) is 2. The number of carbonyl (C=O) groups excluding carboxylic acids is 1. The molecular formula is C17H12F3N3O2S. The van der Waals surface area contributed by atoms with Crippen molar-refractivity contribution in [1.29, 1.82) is 0 Å². The van der Waals surface area contributed by atoms with E-state index < -0.39 is 23.2 Å². The van der Waals surface area contributed by atoms with Gasteiger partial charge in [0.05, 0.1) is 28.6 Å². The van der Waals surface area contributed by atoms with E-state index in [1.54, 1.807) is 12.1 Å². The van der Waals surface area contributed by atoms with Crippen molar-refractivity contribution >= 4 is 29.0 Å². The van der Waals surface area contributed by atoms with Crippen LogP contribution >= 0.6 is 12.2 Å². The standard InChI is InChI=1S/C17H12F3N3O2S/c18-17(19,20)10-2-4-11(5-3-10)23-15(25)12-7-9(8-14(21)24)1-6-13(12)22-16(23)26/h1-7H,8H2,(H2,21,24)(H,22,26). The van der Waals surface area contributed by atoms with Crippen LogP contribution in [0.15, 0.2) is 47.3 Å². The second-order valence-corrected chi connectivity index (χ2v) is 6.03. The van der Waals surface area contributed by atoms with E-state index in [1.165, 1.54) is 18.2 Å². The van der Waals surface area contributed by atoms with Crippen LogP contribution in [-0.4, -0.2) is 15.5 Å². The fraction of sp³-hybridized carbons (Fsp3) is 0.118. The third kappa shape index (κ3) is 3.38. The number of hydrogen-bond acceptors (Lipinski definition) is 3. The molecule has 5 nitrogen and oxygen atoms in total. The maximum atomic E-state index is 12.8. The number of H-pyrrole nitrogens is 1. The van der Waals surface area contributed by atoms with E-state index in [0.29, 0.717) is 11.1 Å². The molecule has 9 heteroatoms. The Hall–Kier alpha value is -2.94. The summed E-state index contributed by atoms with van der Waals surface area (Å²) in [5, 5.41) is 0.247. The summed E-state index contributed by atoms with van der Waals surface area (Å²) in [5.41, 5.74) is 5.04. The fourth-order valence-electron chi connectivity index (χ4n) is 2.61. The Kier molecular flexibility index (Phi) is 4.41. The molecular weight excluding hydrogens is 367 g/mol. The highest BCUT2D eigenvalue weighted by Gasteiger charge is 2.30. The molecule has 2 aromatic carbocycles. The second kappa shape index (κ2) is 6.41. The molecule has 0 aliphatic carbocycles. The van der Waals surface area contributed by atoms with Gasteiger partial charge in [-0.25, -0.2) is 0 Å². The number of nitrogens with zero attached hydrogens (tertiary/aromatic N) is 1. The van der Waals surface area contributed by atoms with Crippen LogP contribution in [0.1, 0.15) is 11.1 Å². The predicted molar refractivity (Wildman–Crippen MR) is 92.6 cm³/mol. The zero-order valence-electron chi connectivity index (χ0n) is 13.1. The molecule has 0 aliphatic rings. The minimum Gasteiger partial charge on any atom is -0.369 e. The monoisotopic (exact) mass is 379 g/mol. The number of aromatic amines is 1. The number of fused-ring (bicyclic) bond motifs is 1. The van der Waals surface area contributed by atoms with Gasteiger partial charge >= 0.3 is 6.18 Å². The lowest BCUT2D eigenvalue weighted by Gasteiger charge is -2.11. The molecule has 0 bridgehead atoms. The van der Waals surface area contributed by atoms with E-state index in [-0.39, 0.29) is 22.3 Å². The number of nitrogens with one attached hydrogen (secondary N) is 1. The molecule has 1 aromatic heterocycles. The first kappa shape index (κ1) is 17.9. The summed E-state index contributed by atoms with van der Waals surface area (Å²) in [5.74, 6) is -0.545. The predicted octanol–water partition coefficient (Wildman–Crippen LogP) is 3.09. The van der Waals surface area contributed by atoms with Gasteiger partial charge in [-0.2, -0.15) is 13.2 Å². The SMILES string of the molecule is NC(=O)Cc1ccc2[nH]c(=S)n(-c3ccc(C(F)(F)F)cc3)c(=O)c2c1. The van der Waals surface area contributed by atoms with Crippen LogP contribution in [-0.2, 0) is 17.4 Å². The van der Waals surface area contributed by atoms with Crippen molar-refractivity contribution in [3.05, 3.63) is 68.7 Å². The molecule has 0 unspecified atom stereocenters. The first-order valence-electron chi connectivity index (χ1n) is 7.41. The lowest BCUT2D eigenvalue weighted by molar-refractivity contribution is -0.137. The number of nitrogens with two attached hydrogens (primary N) is 1. The van der Waals surface area contributed by atoms with E-state index in [4.69, 9.17) is 18.0 Å². The number of halogens is 3. The van der Waals surface area contributed by atoms with Gasteiger partial charge in [0.15, 0.2) is 4.77 Å². The lowest BCUT2D eigenvalue weighted by Crippen LogP contribution is -2.21. The highest BCUT2D eigenvalue weighted by Crippen LogP contribution is 2.29. The van der Waals surface area contributed by atoms with Crippen LogP contribution in [0, 0.1) is 4.77 Å². The summed E-state index contributed by atoms with van der Waals surface area (Å²) < 4.78 is 39.3. The maximum absolute atomic E-state index is 12.8. The summed E-state index contributed by atoms with van der Waals surface area (Å²) in [6, 6.07) is 8.85. The Bertz CT molecular complexity index is 1120. The topological polar surface area (TPSA) is 80.9 Å². The lowest BCUT2D eigenvalue weighted by atomic mass is 10.1. The smallest absolute Gasteiger partial charge is 0.369 e. The molecule has 0 atom stereocenters. The van der Waals surface area contributed by atoms with Crippen LogP contribution in [0.3, 0.4) is 0 Å². The second-order valence-electron chi connectivity index (χ2n) is 5.64. The third-order valence-corrected chi connectivity index (χ3v) is 4.08. The minimum absolute atomic E-state index is 0.0364. The highest BCUT2D eigenvalue weighted by molar-refractivity contribution is 7.71. The van der Waals surface area contributed by atoms with Gasteiger partial charge in [-0.15, -0.1) is 0 Å². The quantitative estimate of drug-likeness (QED) is 0.686. The van der Waals surface area contributed by atoms with Crippen LogP contribution in [0.4, 0.5) is 13.2 Å². The molecule has 3 rings (SSSR count). The molecule has 3 N–H and O–H groups in total. The molecule has 1 amide bonds. The number of primary amides is 1. The molecule has 1 heterocycles. The molecule has 134 valence electrons. The van der Waals surface area contributed by atoms with Gasteiger partial charge in [0.1, 0.15) is 0 Å². The molecule has 0 spiro atoms. The summed E-state index contributed by atoms with van der Waals surface area (Å²) in [6.07, 6.45) is -4.51. The zero-order valence-corrected chi connectivity index (χ0v) is 13.9. The summed E-state index contributed by atoms with van der Waals surface area (Å²) in [4.78, 5) is 26.7. The number of aromatic nitrogens is 2. The van der Waals surface area contributed by atoms with Gasteiger partial charge in [0.25, 0.3) is 5.56 Å². The largest absolute Gasteiger partial charge is 0.416 e. The Morgan fingerprint density at radius 1 is 1.15 bits per heavy atom. The molecule has 26 heavy (non-hydrogen) atoms. The van der Waals surface area contributed by atoms with Crippen LogP contribution in [0.5, 0.6) is 0 Å². The van der Waals surface area contributed by atoms with Gasteiger partial charge in [-0.05, 0) is 54.2 Å². The minimum atomic E-state index is -4.47. The maximum Gasteiger partial charge on any atom is 0.416 e. The normalized spacial score (nSPS) is 11.7. The summed E-state index contributed by atoms with van der Waals surface area (Å²) in [6.45, 7) is 0. The Morgan fingerprint density at radius 3 is 2.38 bits per heavy atom. The Labute approximate surface area is 149 Å². The Balaban J connectivity index is 2.18. The number of carbonyl (C=O) groups is 1.